The molecule has 0 bridgehead atoms. The van der Waals surface area contributed by atoms with Gasteiger partial charge in [-0.15, -0.1) is 0 Å². The van der Waals surface area contributed by atoms with Crippen molar-refractivity contribution in [2.75, 3.05) is 13.7 Å². The van der Waals surface area contributed by atoms with E-state index >= 15 is 0 Å². The Kier molecular flexibility index (Phi) is 6.04. The molecule has 1 atom stereocenters. The molecule has 1 rings (SSSR count). The van der Waals surface area contributed by atoms with Crippen LogP contribution in [0.3, 0.4) is 0 Å². The van der Waals surface area contributed by atoms with Gasteiger partial charge in [-0.1, -0.05) is 11.6 Å². The van der Waals surface area contributed by atoms with E-state index in [1.54, 1.807) is 5.32 Å². The Morgan fingerprint density at radius 1 is 1.36 bits per heavy atom. The normalized spacial score (nSPS) is 12.5. The summed E-state index contributed by atoms with van der Waals surface area (Å²) in [7, 11) is 1.21. The second-order valence-electron chi connectivity index (χ2n) is 4.32. The molecule has 0 aliphatic rings. The van der Waals surface area contributed by atoms with Gasteiger partial charge in [-0.05, 0) is 25.1 Å². The van der Waals surface area contributed by atoms with E-state index in [0.29, 0.717) is 0 Å². The second kappa shape index (κ2) is 7.35. The van der Waals surface area contributed by atoms with Crippen LogP contribution in [-0.4, -0.2) is 37.8 Å². The lowest BCUT2D eigenvalue weighted by Crippen LogP contribution is -2.44. The van der Waals surface area contributed by atoms with Crippen molar-refractivity contribution in [2.24, 2.45) is 0 Å². The number of amides is 1. The zero-order chi connectivity index (χ0) is 16.9. The molecule has 22 heavy (non-hydrogen) atoms. The van der Waals surface area contributed by atoms with Crippen molar-refractivity contribution in [3.8, 4) is 5.75 Å². The fourth-order valence-corrected chi connectivity index (χ4v) is 1.66. The van der Waals surface area contributed by atoms with E-state index in [1.165, 1.54) is 32.2 Å². The van der Waals surface area contributed by atoms with Crippen molar-refractivity contribution in [1.82, 2.24) is 5.32 Å². The summed E-state index contributed by atoms with van der Waals surface area (Å²) in [5, 5.41) is 1.84. The van der Waals surface area contributed by atoms with Crippen LogP contribution in [0, 0.1) is 0 Å². The van der Waals surface area contributed by atoms with Gasteiger partial charge >= 0.3 is 18.1 Å². The van der Waals surface area contributed by atoms with Crippen molar-refractivity contribution in [3.05, 3.63) is 28.8 Å². The highest BCUT2D eigenvalue weighted by Crippen LogP contribution is 2.26. The first-order chi connectivity index (χ1) is 10.1. The van der Waals surface area contributed by atoms with Crippen LogP contribution >= 0.6 is 11.6 Å². The van der Waals surface area contributed by atoms with Crippen LogP contribution in [0.25, 0.3) is 0 Å². The molecular formula is C13H13ClF3NO4. The van der Waals surface area contributed by atoms with Crippen molar-refractivity contribution in [2.45, 2.75) is 19.1 Å². The van der Waals surface area contributed by atoms with Crippen molar-refractivity contribution < 1.29 is 32.2 Å². The van der Waals surface area contributed by atoms with Gasteiger partial charge in [-0.3, -0.25) is 4.79 Å². The van der Waals surface area contributed by atoms with E-state index < -0.39 is 24.1 Å². The number of methoxy groups -OCH3 is 1. The van der Waals surface area contributed by atoms with Crippen molar-refractivity contribution >= 4 is 23.5 Å². The number of carbonyl (C=O) groups excluding carboxylic acids is 2. The Hall–Kier alpha value is -1.96. The zero-order valence-corrected chi connectivity index (χ0v) is 12.4. The van der Waals surface area contributed by atoms with Gasteiger partial charge in [0, 0.05) is 0 Å². The molecule has 122 valence electrons. The second-order valence-corrected chi connectivity index (χ2v) is 4.73. The monoisotopic (exact) mass is 339 g/mol. The Morgan fingerprint density at radius 2 is 2.00 bits per heavy atom. The molecule has 0 radical (unpaired) electrons. The summed E-state index contributed by atoms with van der Waals surface area (Å²) in [6.07, 6.45) is -4.95. The molecular weight excluding hydrogens is 327 g/mol. The Labute approximate surface area is 129 Å². The largest absolute Gasteiger partial charge is 0.490 e. The molecule has 5 nitrogen and oxygen atoms in total. The summed E-state index contributed by atoms with van der Waals surface area (Å²) in [6, 6.07) is 3.20. The Bertz CT molecular complexity index is 563. The van der Waals surface area contributed by atoms with Gasteiger partial charge in [0.15, 0.2) is 0 Å². The highest BCUT2D eigenvalue weighted by molar-refractivity contribution is 6.32. The molecule has 0 saturated carbocycles. The number of rotatable bonds is 5. The zero-order valence-electron chi connectivity index (χ0n) is 11.7. The van der Waals surface area contributed by atoms with E-state index in [2.05, 4.69) is 4.74 Å². The quantitative estimate of drug-likeness (QED) is 0.837. The lowest BCUT2D eigenvalue weighted by atomic mass is 10.2. The van der Waals surface area contributed by atoms with Gasteiger partial charge < -0.3 is 14.8 Å². The summed E-state index contributed by atoms with van der Waals surface area (Å²) in [4.78, 5) is 22.0. The predicted molar refractivity (Wildman–Crippen MR) is 71.9 cm³/mol. The van der Waals surface area contributed by atoms with Gasteiger partial charge in [-0.25, -0.2) is 4.79 Å². The topological polar surface area (TPSA) is 64.6 Å². The third-order valence-electron chi connectivity index (χ3n) is 2.48. The van der Waals surface area contributed by atoms with E-state index in [0.717, 1.165) is 0 Å². The molecule has 0 fully saturated rings. The minimum absolute atomic E-state index is 0.0947. The summed E-state index contributed by atoms with van der Waals surface area (Å²) in [6.45, 7) is 1.12. The summed E-state index contributed by atoms with van der Waals surface area (Å²) in [5.41, 5.74) is 0.207. The standard InChI is InChI=1S/C13H13ClF3NO4/c1-7(18-12(20)13(15,16)17)6-22-10-4-3-8(5-9(10)14)11(19)21-2/h3-5,7H,6H2,1-2H3,(H,18,20)/t7-/m0/s1. The third-order valence-corrected chi connectivity index (χ3v) is 2.77. The van der Waals surface area contributed by atoms with E-state index in [-0.39, 0.29) is 22.9 Å². The molecule has 1 N–H and O–H groups in total. The van der Waals surface area contributed by atoms with Crippen molar-refractivity contribution in [3.63, 3.8) is 0 Å². The average Bonchev–Trinajstić information content (AvgIpc) is 2.43. The Balaban J connectivity index is 2.61. The number of carbonyl (C=O) groups is 2. The minimum Gasteiger partial charge on any atom is -0.490 e. The molecule has 0 unspecified atom stereocenters. The molecule has 0 spiro atoms. The number of hydrogen-bond acceptors (Lipinski definition) is 4. The molecule has 0 aromatic heterocycles. The highest BCUT2D eigenvalue weighted by atomic mass is 35.5. The van der Waals surface area contributed by atoms with Gasteiger partial charge in [0.2, 0.25) is 0 Å². The number of halogens is 4. The van der Waals surface area contributed by atoms with Crippen LogP contribution in [0.5, 0.6) is 5.75 Å². The smallest absolute Gasteiger partial charge is 0.471 e. The van der Waals surface area contributed by atoms with Crippen LogP contribution in [-0.2, 0) is 9.53 Å². The number of alkyl halides is 3. The van der Waals surface area contributed by atoms with Gasteiger partial charge in [0.25, 0.3) is 0 Å². The first kappa shape index (κ1) is 18.1. The lowest BCUT2D eigenvalue weighted by molar-refractivity contribution is -0.174. The lowest BCUT2D eigenvalue weighted by Gasteiger charge is -2.16. The number of ether oxygens (including phenoxy) is 2. The molecule has 9 heteroatoms. The summed E-state index contributed by atoms with van der Waals surface area (Å²) in [5.74, 6) is -2.46. The molecule has 0 aliphatic carbocycles. The number of nitrogens with one attached hydrogen (secondary N) is 1. The minimum atomic E-state index is -4.95. The maximum absolute atomic E-state index is 12.1. The van der Waals surface area contributed by atoms with Crippen LogP contribution in [0.2, 0.25) is 5.02 Å². The van der Waals surface area contributed by atoms with E-state index in [4.69, 9.17) is 16.3 Å². The maximum Gasteiger partial charge on any atom is 0.471 e. The third kappa shape index (κ3) is 5.10. The van der Waals surface area contributed by atoms with E-state index in [1.807, 2.05) is 0 Å². The summed E-state index contributed by atoms with van der Waals surface area (Å²) < 4.78 is 45.9. The molecule has 1 aromatic carbocycles. The fourth-order valence-electron chi connectivity index (χ4n) is 1.42. The first-order valence-electron chi connectivity index (χ1n) is 6.03. The number of benzene rings is 1. The van der Waals surface area contributed by atoms with Crippen LogP contribution in [0.15, 0.2) is 18.2 Å². The van der Waals surface area contributed by atoms with Crippen LogP contribution < -0.4 is 10.1 Å². The molecule has 0 aliphatic heterocycles. The molecule has 1 aromatic rings. The fraction of sp³-hybridized carbons (Fsp3) is 0.385. The predicted octanol–water partition coefficient (Wildman–Crippen LogP) is 2.57. The van der Waals surface area contributed by atoms with Gasteiger partial charge in [0.1, 0.15) is 12.4 Å². The molecule has 0 heterocycles. The van der Waals surface area contributed by atoms with Crippen LogP contribution in [0.4, 0.5) is 13.2 Å². The number of hydrogen-bond donors (Lipinski definition) is 1. The van der Waals surface area contributed by atoms with Gasteiger partial charge in [-0.2, -0.15) is 13.2 Å². The first-order valence-corrected chi connectivity index (χ1v) is 6.41. The SMILES string of the molecule is COC(=O)c1ccc(OC[C@H](C)NC(=O)C(F)(F)F)c(Cl)c1. The number of esters is 1. The Morgan fingerprint density at radius 3 is 2.50 bits per heavy atom. The maximum atomic E-state index is 12.1. The molecule has 0 saturated heterocycles. The van der Waals surface area contributed by atoms with Gasteiger partial charge in [0.05, 0.1) is 23.7 Å². The summed E-state index contributed by atoms with van der Waals surface area (Å²) >= 11 is 5.89. The van der Waals surface area contributed by atoms with E-state index in [9.17, 15) is 22.8 Å². The average molecular weight is 340 g/mol. The highest BCUT2D eigenvalue weighted by Gasteiger charge is 2.39. The van der Waals surface area contributed by atoms with Crippen LogP contribution in [0.1, 0.15) is 17.3 Å². The van der Waals surface area contributed by atoms with Crippen molar-refractivity contribution in [1.29, 1.82) is 0 Å². The molecule has 1 amide bonds.